The second-order valence-electron chi connectivity index (χ2n) is 5.41. The van der Waals surface area contributed by atoms with Gasteiger partial charge in [-0.3, -0.25) is 10.1 Å². The van der Waals surface area contributed by atoms with Crippen LogP contribution in [0.4, 0.5) is 4.39 Å². The third kappa shape index (κ3) is 5.71. The largest absolute Gasteiger partial charge is 0.493 e. The summed E-state index contributed by atoms with van der Waals surface area (Å²) >= 11 is 0. The zero-order valence-corrected chi connectivity index (χ0v) is 13.1. The highest BCUT2D eigenvalue weighted by Crippen LogP contribution is 2.17. The molecule has 0 aliphatic carbocycles. The molecule has 1 aromatic rings. The molecule has 1 unspecified atom stereocenters. The van der Waals surface area contributed by atoms with Gasteiger partial charge in [0, 0.05) is 18.5 Å². The Morgan fingerprint density at radius 2 is 2.14 bits per heavy atom. The number of hydrogen-bond acceptors (Lipinski definition) is 4. The monoisotopic (exact) mass is 297 g/mol. The minimum atomic E-state index is -0.822. The van der Waals surface area contributed by atoms with Crippen LogP contribution in [-0.4, -0.2) is 30.8 Å². The van der Waals surface area contributed by atoms with E-state index >= 15 is 0 Å². The summed E-state index contributed by atoms with van der Waals surface area (Å²) in [7, 11) is 0. The Balaban J connectivity index is 2.62. The quantitative estimate of drug-likeness (QED) is 0.750. The van der Waals surface area contributed by atoms with Gasteiger partial charge in [0.05, 0.1) is 13.2 Å². The zero-order chi connectivity index (χ0) is 15.9. The average Bonchev–Trinajstić information content (AvgIpc) is 2.38. The zero-order valence-electron chi connectivity index (χ0n) is 13.1. The van der Waals surface area contributed by atoms with E-state index in [0.29, 0.717) is 25.4 Å². The van der Waals surface area contributed by atoms with Crippen LogP contribution < -0.4 is 10.1 Å². The molecule has 1 N–H and O–H groups in total. The number of rotatable bonds is 8. The topological polar surface area (TPSA) is 47.6 Å². The first-order chi connectivity index (χ1) is 9.87. The van der Waals surface area contributed by atoms with Crippen molar-refractivity contribution in [1.29, 1.82) is 0 Å². The predicted molar refractivity (Wildman–Crippen MR) is 79.8 cm³/mol. The molecule has 0 aliphatic rings. The molecule has 0 aromatic heterocycles. The first kappa shape index (κ1) is 17.4. The molecule has 0 saturated carbocycles. The number of halogens is 1. The van der Waals surface area contributed by atoms with E-state index in [4.69, 9.17) is 9.47 Å². The highest BCUT2D eigenvalue weighted by atomic mass is 19.1. The van der Waals surface area contributed by atoms with Gasteiger partial charge in [-0.15, -0.1) is 0 Å². The van der Waals surface area contributed by atoms with E-state index in [1.807, 2.05) is 13.8 Å². The van der Waals surface area contributed by atoms with Crippen LogP contribution in [0.3, 0.4) is 0 Å². The summed E-state index contributed by atoms with van der Waals surface area (Å²) in [5.41, 5.74) is -0.822. The number of hydrogen-bond donors (Lipinski definition) is 1. The van der Waals surface area contributed by atoms with E-state index in [0.717, 1.165) is 0 Å². The molecule has 4 nitrogen and oxygen atoms in total. The van der Waals surface area contributed by atoms with Crippen LogP contribution in [0, 0.1) is 5.82 Å². The summed E-state index contributed by atoms with van der Waals surface area (Å²) in [5, 5.41) is 3.21. The van der Waals surface area contributed by atoms with E-state index in [1.165, 1.54) is 12.1 Å². The van der Waals surface area contributed by atoms with E-state index in [1.54, 1.807) is 26.0 Å². The van der Waals surface area contributed by atoms with Crippen LogP contribution in [0.1, 0.15) is 34.1 Å². The van der Waals surface area contributed by atoms with Crippen molar-refractivity contribution >= 4 is 5.97 Å². The van der Waals surface area contributed by atoms with Crippen molar-refractivity contribution in [2.75, 3.05) is 13.2 Å². The van der Waals surface area contributed by atoms with Gasteiger partial charge in [-0.2, -0.15) is 0 Å². The molecule has 1 atom stereocenters. The SMILES string of the molecule is CCOC(=O)C(C)(CCOc1cccc(F)c1)NC(C)C. The maximum Gasteiger partial charge on any atom is 0.326 e. The molecular formula is C16H24FNO3. The Morgan fingerprint density at radius 1 is 1.43 bits per heavy atom. The average molecular weight is 297 g/mol. The first-order valence-electron chi connectivity index (χ1n) is 7.20. The maximum absolute atomic E-state index is 13.1. The molecule has 1 rings (SSSR count). The van der Waals surface area contributed by atoms with Crippen LogP contribution in [0.2, 0.25) is 0 Å². The highest BCUT2D eigenvalue weighted by Gasteiger charge is 2.35. The molecule has 0 aliphatic heterocycles. The fraction of sp³-hybridized carbons (Fsp3) is 0.562. The highest BCUT2D eigenvalue weighted by molar-refractivity contribution is 5.80. The fourth-order valence-electron chi connectivity index (χ4n) is 2.09. The van der Waals surface area contributed by atoms with Crippen molar-refractivity contribution in [3.63, 3.8) is 0 Å². The summed E-state index contributed by atoms with van der Waals surface area (Å²) in [6, 6.07) is 6.07. The van der Waals surface area contributed by atoms with Gasteiger partial charge < -0.3 is 9.47 Å². The lowest BCUT2D eigenvalue weighted by Crippen LogP contribution is -2.54. The molecule has 0 heterocycles. The van der Waals surface area contributed by atoms with Crippen molar-refractivity contribution < 1.29 is 18.7 Å². The normalized spacial score (nSPS) is 13.8. The summed E-state index contributed by atoms with van der Waals surface area (Å²) < 4.78 is 23.7. The van der Waals surface area contributed by atoms with Gasteiger partial charge in [-0.05, 0) is 39.8 Å². The van der Waals surface area contributed by atoms with Crippen LogP contribution in [0.15, 0.2) is 24.3 Å². The van der Waals surface area contributed by atoms with Crippen molar-refractivity contribution in [2.45, 2.75) is 45.7 Å². The van der Waals surface area contributed by atoms with Gasteiger partial charge in [0.15, 0.2) is 0 Å². The second-order valence-corrected chi connectivity index (χ2v) is 5.41. The summed E-state index contributed by atoms with van der Waals surface area (Å²) in [6.45, 7) is 8.12. The molecule has 0 spiro atoms. The number of esters is 1. The lowest BCUT2D eigenvalue weighted by molar-refractivity contribution is -0.151. The van der Waals surface area contributed by atoms with Gasteiger partial charge in [0.2, 0.25) is 0 Å². The number of nitrogens with one attached hydrogen (secondary N) is 1. The van der Waals surface area contributed by atoms with Crippen LogP contribution >= 0.6 is 0 Å². The van der Waals surface area contributed by atoms with Crippen LogP contribution in [0.5, 0.6) is 5.75 Å². The lowest BCUT2D eigenvalue weighted by Gasteiger charge is -2.30. The predicted octanol–water partition coefficient (Wildman–Crippen LogP) is 2.91. The Bertz CT molecular complexity index is 465. The third-order valence-electron chi connectivity index (χ3n) is 3.00. The van der Waals surface area contributed by atoms with Crippen molar-refractivity contribution in [2.24, 2.45) is 0 Å². The van der Waals surface area contributed by atoms with Gasteiger partial charge in [-0.1, -0.05) is 6.07 Å². The maximum atomic E-state index is 13.1. The van der Waals surface area contributed by atoms with Gasteiger partial charge >= 0.3 is 5.97 Å². The molecule has 21 heavy (non-hydrogen) atoms. The van der Waals surface area contributed by atoms with E-state index in [2.05, 4.69) is 5.32 Å². The Morgan fingerprint density at radius 3 is 2.71 bits per heavy atom. The van der Waals surface area contributed by atoms with Gasteiger partial charge in [-0.25, -0.2) is 4.39 Å². The summed E-state index contributed by atoms with van der Waals surface area (Å²) in [4.78, 5) is 12.1. The van der Waals surface area contributed by atoms with Crippen LogP contribution in [0.25, 0.3) is 0 Å². The van der Waals surface area contributed by atoms with Crippen LogP contribution in [-0.2, 0) is 9.53 Å². The van der Waals surface area contributed by atoms with Gasteiger partial charge in [0.25, 0.3) is 0 Å². The third-order valence-corrected chi connectivity index (χ3v) is 3.00. The first-order valence-corrected chi connectivity index (χ1v) is 7.20. The Kier molecular flexibility index (Phi) is 6.62. The molecule has 5 heteroatoms. The van der Waals surface area contributed by atoms with Crippen molar-refractivity contribution in [1.82, 2.24) is 5.32 Å². The number of carbonyl (C=O) groups is 1. The molecule has 0 amide bonds. The summed E-state index contributed by atoms with van der Waals surface area (Å²) in [5.74, 6) is -0.201. The summed E-state index contributed by atoms with van der Waals surface area (Å²) in [6.07, 6.45) is 0.431. The lowest BCUT2D eigenvalue weighted by atomic mass is 9.97. The molecule has 118 valence electrons. The molecular weight excluding hydrogens is 273 g/mol. The minimum absolute atomic E-state index is 0.133. The smallest absolute Gasteiger partial charge is 0.326 e. The molecule has 0 saturated heterocycles. The molecule has 0 bridgehead atoms. The molecule has 1 aromatic carbocycles. The Labute approximate surface area is 125 Å². The standard InChI is InChI=1S/C16H24FNO3/c1-5-20-15(19)16(4,18-12(2)3)9-10-21-14-8-6-7-13(17)11-14/h6-8,11-12,18H,5,9-10H2,1-4H3. The second kappa shape index (κ2) is 7.98. The molecule has 0 radical (unpaired) electrons. The van der Waals surface area contributed by atoms with E-state index in [-0.39, 0.29) is 17.8 Å². The minimum Gasteiger partial charge on any atom is -0.493 e. The number of benzene rings is 1. The van der Waals surface area contributed by atoms with Gasteiger partial charge in [0.1, 0.15) is 17.1 Å². The number of carbonyl (C=O) groups excluding carboxylic acids is 1. The fourth-order valence-corrected chi connectivity index (χ4v) is 2.09. The molecule has 0 fully saturated rings. The van der Waals surface area contributed by atoms with Crippen molar-refractivity contribution in [3.05, 3.63) is 30.1 Å². The number of ether oxygens (including phenoxy) is 2. The Hall–Kier alpha value is -1.62. The van der Waals surface area contributed by atoms with Crippen molar-refractivity contribution in [3.8, 4) is 5.75 Å². The van der Waals surface area contributed by atoms with E-state index in [9.17, 15) is 9.18 Å². The van der Waals surface area contributed by atoms with E-state index < -0.39 is 5.54 Å².